The number of hydrogen-bond donors (Lipinski definition) is 1. The van der Waals surface area contributed by atoms with Gasteiger partial charge in [-0.05, 0) is 6.92 Å². The number of hydrogen-bond acceptors (Lipinski definition) is 5. The molecule has 0 aliphatic rings. The molecule has 1 rings (SSSR count). The lowest BCUT2D eigenvalue weighted by atomic mass is 10.5. The Morgan fingerprint density at radius 3 is 2.79 bits per heavy atom. The van der Waals surface area contributed by atoms with Crippen LogP contribution in [0.25, 0.3) is 0 Å². The average Bonchev–Trinajstić information content (AvgIpc) is 2.17. The van der Waals surface area contributed by atoms with E-state index in [2.05, 4.69) is 15.3 Å². The summed E-state index contributed by atoms with van der Waals surface area (Å²) in [7, 11) is 3.24. The van der Waals surface area contributed by atoms with E-state index < -0.39 is 0 Å². The molecule has 1 aromatic rings. The summed E-state index contributed by atoms with van der Waals surface area (Å²) in [6, 6.07) is 1.75. The first-order chi connectivity index (χ1) is 6.76. The summed E-state index contributed by atoms with van der Waals surface area (Å²) in [4.78, 5) is 8.27. The molecular weight excluding hydrogens is 182 g/mol. The van der Waals surface area contributed by atoms with Gasteiger partial charge in [0.25, 0.3) is 0 Å². The van der Waals surface area contributed by atoms with Crippen molar-refractivity contribution in [3.8, 4) is 5.88 Å². The Labute approximate surface area is 83.5 Å². The lowest BCUT2D eigenvalue weighted by Gasteiger charge is -2.06. The number of anilines is 1. The van der Waals surface area contributed by atoms with Crippen molar-refractivity contribution in [2.24, 2.45) is 0 Å². The Morgan fingerprint density at radius 1 is 1.36 bits per heavy atom. The summed E-state index contributed by atoms with van der Waals surface area (Å²) in [6.07, 6.45) is 0. The van der Waals surface area contributed by atoms with Crippen LogP contribution in [0.15, 0.2) is 6.07 Å². The predicted octanol–water partition coefficient (Wildman–Crippen LogP) is 0.852. The van der Waals surface area contributed by atoms with Crippen molar-refractivity contribution in [2.75, 3.05) is 32.7 Å². The highest BCUT2D eigenvalue weighted by Crippen LogP contribution is 2.11. The summed E-state index contributed by atoms with van der Waals surface area (Å²) in [5.41, 5.74) is 0. The lowest BCUT2D eigenvalue weighted by Crippen LogP contribution is -2.09. The SMILES string of the molecule is COCCNc1cc(OC)nc(C)n1. The van der Waals surface area contributed by atoms with Gasteiger partial charge in [0.2, 0.25) is 5.88 Å². The highest BCUT2D eigenvalue weighted by Gasteiger charge is 2.00. The van der Waals surface area contributed by atoms with Gasteiger partial charge in [-0.2, -0.15) is 4.98 Å². The van der Waals surface area contributed by atoms with E-state index in [-0.39, 0.29) is 0 Å². The second-order valence-corrected chi connectivity index (χ2v) is 2.76. The first kappa shape index (κ1) is 10.7. The second-order valence-electron chi connectivity index (χ2n) is 2.76. The first-order valence-corrected chi connectivity index (χ1v) is 4.38. The largest absolute Gasteiger partial charge is 0.481 e. The van der Waals surface area contributed by atoms with Crippen LogP contribution in [-0.4, -0.2) is 37.3 Å². The highest BCUT2D eigenvalue weighted by atomic mass is 16.5. The van der Waals surface area contributed by atoms with Crippen molar-refractivity contribution in [1.29, 1.82) is 0 Å². The number of methoxy groups -OCH3 is 2. The highest BCUT2D eigenvalue weighted by molar-refractivity contribution is 5.38. The van der Waals surface area contributed by atoms with Crippen LogP contribution in [0.2, 0.25) is 0 Å². The minimum atomic E-state index is 0.567. The molecule has 0 aliphatic heterocycles. The molecule has 5 heteroatoms. The van der Waals surface area contributed by atoms with E-state index in [1.165, 1.54) is 0 Å². The van der Waals surface area contributed by atoms with Gasteiger partial charge in [-0.25, -0.2) is 4.98 Å². The minimum Gasteiger partial charge on any atom is -0.481 e. The van der Waals surface area contributed by atoms with Crippen molar-refractivity contribution < 1.29 is 9.47 Å². The van der Waals surface area contributed by atoms with Crippen LogP contribution in [0.3, 0.4) is 0 Å². The maximum Gasteiger partial charge on any atom is 0.218 e. The molecule has 0 bridgehead atoms. The van der Waals surface area contributed by atoms with Crippen molar-refractivity contribution in [3.63, 3.8) is 0 Å². The van der Waals surface area contributed by atoms with Gasteiger partial charge in [0.15, 0.2) is 0 Å². The number of rotatable bonds is 5. The minimum absolute atomic E-state index is 0.567. The van der Waals surface area contributed by atoms with Crippen molar-refractivity contribution in [2.45, 2.75) is 6.92 Å². The normalized spacial score (nSPS) is 9.93. The van der Waals surface area contributed by atoms with Gasteiger partial charge < -0.3 is 14.8 Å². The summed E-state index contributed by atoms with van der Waals surface area (Å²) < 4.78 is 9.93. The van der Waals surface area contributed by atoms with E-state index in [1.807, 2.05) is 6.92 Å². The first-order valence-electron chi connectivity index (χ1n) is 4.38. The maximum atomic E-state index is 5.02. The zero-order valence-corrected chi connectivity index (χ0v) is 8.70. The molecule has 0 spiro atoms. The van der Waals surface area contributed by atoms with Gasteiger partial charge in [-0.1, -0.05) is 0 Å². The van der Waals surface area contributed by atoms with Crippen molar-refractivity contribution >= 4 is 5.82 Å². The number of aryl methyl sites for hydroxylation is 1. The van der Waals surface area contributed by atoms with Crippen LogP contribution in [0.1, 0.15) is 5.82 Å². The molecule has 0 amide bonds. The summed E-state index contributed by atoms with van der Waals surface area (Å²) in [6.45, 7) is 3.19. The quantitative estimate of drug-likeness (QED) is 0.709. The van der Waals surface area contributed by atoms with Gasteiger partial charge in [-0.3, -0.25) is 0 Å². The summed E-state index contributed by atoms with van der Waals surface area (Å²) >= 11 is 0. The van der Waals surface area contributed by atoms with Crippen LogP contribution in [-0.2, 0) is 4.74 Å². The Balaban J connectivity index is 2.62. The molecular formula is C9H15N3O2. The molecule has 0 unspecified atom stereocenters. The molecule has 0 radical (unpaired) electrons. The van der Waals surface area contributed by atoms with E-state index >= 15 is 0 Å². The molecule has 14 heavy (non-hydrogen) atoms. The van der Waals surface area contributed by atoms with Gasteiger partial charge in [0.05, 0.1) is 13.7 Å². The summed E-state index contributed by atoms with van der Waals surface area (Å²) in [5, 5.41) is 3.10. The summed E-state index contributed by atoms with van der Waals surface area (Å²) in [5.74, 6) is 2.01. The zero-order chi connectivity index (χ0) is 10.4. The molecule has 1 aromatic heterocycles. The van der Waals surface area contributed by atoms with Gasteiger partial charge in [-0.15, -0.1) is 0 Å². The van der Waals surface area contributed by atoms with Gasteiger partial charge in [0, 0.05) is 19.7 Å². The third-order valence-electron chi connectivity index (χ3n) is 1.64. The van der Waals surface area contributed by atoms with Crippen LogP contribution in [0, 0.1) is 6.92 Å². The number of nitrogens with zero attached hydrogens (tertiary/aromatic N) is 2. The Bertz CT molecular complexity index is 291. The fraction of sp³-hybridized carbons (Fsp3) is 0.556. The van der Waals surface area contributed by atoms with E-state index in [4.69, 9.17) is 9.47 Å². The lowest BCUT2D eigenvalue weighted by molar-refractivity contribution is 0.210. The van der Waals surface area contributed by atoms with Crippen LogP contribution in [0.5, 0.6) is 5.88 Å². The third-order valence-corrected chi connectivity index (χ3v) is 1.64. The maximum absolute atomic E-state index is 5.02. The molecule has 0 aliphatic carbocycles. The predicted molar refractivity (Wildman–Crippen MR) is 53.7 cm³/mol. The average molecular weight is 197 g/mol. The van der Waals surface area contributed by atoms with E-state index in [1.54, 1.807) is 20.3 Å². The Kier molecular flexibility index (Phi) is 4.12. The van der Waals surface area contributed by atoms with Crippen molar-refractivity contribution in [1.82, 2.24) is 9.97 Å². The monoisotopic (exact) mass is 197 g/mol. The molecule has 78 valence electrons. The molecule has 0 aromatic carbocycles. The van der Waals surface area contributed by atoms with Crippen LogP contribution < -0.4 is 10.1 Å². The number of aromatic nitrogens is 2. The van der Waals surface area contributed by atoms with E-state index in [9.17, 15) is 0 Å². The zero-order valence-electron chi connectivity index (χ0n) is 8.70. The standard InChI is InChI=1S/C9H15N3O2/c1-7-11-8(10-4-5-13-2)6-9(12-7)14-3/h6H,4-5H2,1-3H3,(H,10,11,12). The molecule has 0 atom stereocenters. The molecule has 0 fully saturated rings. The number of nitrogens with one attached hydrogen (secondary N) is 1. The molecule has 0 saturated heterocycles. The Morgan fingerprint density at radius 2 is 2.14 bits per heavy atom. The smallest absolute Gasteiger partial charge is 0.218 e. The second kappa shape index (κ2) is 5.39. The fourth-order valence-corrected chi connectivity index (χ4v) is 1.02. The fourth-order valence-electron chi connectivity index (χ4n) is 1.02. The number of ether oxygens (including phenoxy) is 2. The van der Waals surface area contributed by atoms with Crippen LogP contribution >= 0.6 is 0 Å². The topological polar surface area (TPSA) is 56.3 Å². The third kappa shape index (κ3) is 3.18. The van der Waals surface area contributed by atoms with Crippen LogP contribution in [0.4, 0.5) is 5.82 Å². The van der Waals surface area contributed by atoms with E-state index in [0.717, 1.165) is 12.4 Å². The molecule has 0 saturated carbocycles. The van der Waals surface area contributed by atoms with E-state index in [0.29, 0.717) is 18.3 Å². The molecule has 1 heterocycles. The Hall–Kier alpha value is -1.36. The molecule has 5 nitrogen and oxygen atoms in total. The van der Waals surface area contributed by atoms with Crippen molar-refractivity contribution in [3.05, 3.63) is 11.9 Å². The van der Waals surface area contributed by atoms with Gasteiger partial charge in [0.1, 0.15) is 11.6 Å². The molecule has 1 N–H and O–H groups in total. The van der Waals surface area contributed by atoms with Gasteiger partial charge >= 0.3 is 0 Å².